The molecule has 3 aromatic carbocycles. The molecule has 3 aromatic rings. The van der Waals surface area contributed by atoms with Crippen LogP contribution in [0.1, 0.15) is 46.4 Å². The second-order valence-electron chi connectivity index (χ2n) is 7.63. The average Bonchev–Trinajstić information content (AvgIpc) is 2.78. The van der Waals surface area contributed by atoms with E-state index in [1.807, 2.05) is 57.2 Å². The summed E-state index contributed by atoms with van der Waals surface area (Å²) in [6.45, 7) is 5.97. The maximum Gasteiger partial charge on any atom is 0.264 e. The maximum atomic E-state index is 13.1. The minimum absolute atomic E-state index is 0.0761. The second-order valence-corrected chi connectivity index (χ2v) is 9.60. The Hall–Kier alpha value is -3.12. The first-order chi connectivity index (χ1) is 14.7. The monoisotopic (exact) mass is 436 g/mol. The van der Waals surface area contributed by atoms with Gasteiger partial charge < -0.3 is 5.32 Å². The third kappa shape index (κ3) is 4.97. The van der Waals surface area contributed by atoms with Gasteiger partial charge in [0.25, 0.3) is 15.9 Å². The average molecular weight is 437 g/mol. The topological polar surface area (TPSA) is 66.5 Å². The van der Waals surface area contributed by atoms with Crippen molar-refractivity contribution < 1.29 is 13.2 Å². The van der Waals surface area contributed by atoms with E-state index in [9.17, 15) is 13.2 Å². The molecule has 1 amide bonds. The predicted molar refractivity (Wildman–Crippen MR) is 125 cm³/mol. The molecule has 0 aliphatic heterocycles. The summed E-state index contributed by atoms with van der Waals surface area (Å²) in [6, 6.07) is 21.2. The van der Waals surface area contributed by atoms with Crippen LogP contribution in [0.4, 0.5) is 5.69 Å². The van der Waals surface area contributed by atoms with Crippen molar-refractivity contribution in [3.05, 3.63) is 95.1 Å². The van der Waals surface area contributed by atoms with Crippen LogP contribution < -0.4 is 9.62 Å². The van der Waals surface area contributed by atoms with Crippen molar-refractivity contribution in [1.29, 1.82) is 0 Å². The Morgan fingerprint density at radius 2 is 1.65 bits per heavy atom. The SMILES string of the molecule is CCC(NC(=O)c1cccc(S(=O)(=O)N(C)c2ccc(C)cc2)c1)c1ccccc1C. The van der Waals surface area contributed by atoms with Gasteiger partial charge in [0.15, 0.2) is 0 Å². The van der Waals surface area contributed by atoms with E-state index in [4.69, 9.17) is 0 Å². The molecule has 31 heavy (non-hydrogen) atoms. The van der Waals surface area contributed by atoms with Gasteiger partial charge in [0.1, 0.15) is 0 Å². The number of benzene rings is 3. The van der Waals surface area contributed by atoms with E-state index in [2.05, 4.69) is 5.32 Å². The third-order valence-electron chi connectivity index (χ3n) is 5.43. The number of aryl methyl sites for hydroxylation is 2. The lowest BCUT2D eigenvalue weighted by Crippen LogP contribution is -2.29. The number of hydrogen-bond donors (Lipinski definition) is 1. The molecule has 0 fully saturated rings. The van der Waals surface area contributed by atoms with E-state index in [-0.39, 0.29) is 16.8 Å². The summed E-state index contributed by atoms with van der Waals surface area (Å²) in [5.41, 5.74) is 4.08. The van der Waals surface area contributed by atoms with Crippen molar-refractivity contribution in [1.82, 2.24) is 5.32 Å². The molecule has 5 nitrogen and oxygen atoms in total. The minimum atomic E-state index is -3.80. The van der Waals surface area contributed by atoms with E-state index in [0.29, 0.717) is 11.3 Å². The zero-order chi connectivity index (χ0) is 22.6. The molecular weight excluding hydrogens is 408 g/mol. The molecule has 0 aliphatic carbocycles. The largest absolute Gasteiger partial charge is 0.345 e. The number of rotatable bonds is 7. The van der Waals surface area contributed by atoms with Crippen LogP contribution in [0, 0.1) is 13.8 Å². The Balaban J connectivity index is 1.85. The number of sulfonamides is 1. The molecule has 0 heterocycles. The zero-order valence-corrected chi connectivity index (χ0v) is 19.1. The highest BCUT2D eigenvalue weighted by Gasteiger charge is 2.23. The first kappa shape index (κ1) is 22.6. The van der Waals surface area contributed by atoms with Crippen LogP contribution in [0.2, 0.25) is 0 Å². The molecule has 6 heteroatoms. The van der Waals surface area contributed by atoms with Crippen molar-refractivity contribution >= 4 is 21.6 Å². The number of carbonyl (C=O) groups is 1. The van der Waals surface area contributed by atoms with Crippen molar-refractivity contribution in [3.8, 4) is 0 Å². The number of anilines is 1. The smallest absolute Gasteiger partial charge is 0.264 e. The van der Waals surface area contributed by atoms with Gasteiger partial charge in [-0.2, -0.15) is 0 Å². The maximum absolute atomic E-state index is 13.1. The fourth-order valence-corrected chi connectivity index (χ4v) is 4.71. The van der Waals surface area contributed by atoms with Crippen LogP contribution in [0.15, 0.2) is 77.7 Å². The first-order valence-corrected chi connectivity index (χ1v) is 11.7. The molecule has 3 rings (SSSR count). The summed E-state index contributed by atoms with van der Waals surface area (Å²) in [6.07, 6.45) is 0.727. The molecule has 0 saturated carbocycles. The van der Waals surface area contributed by atoms with Crippen LogP contribution in [-0.2, 0) is 10.0 Å². The fraction of sp³-hybridized carbons (Fsp3) is 0.240. The van der Waals surface area contributed by atoms with Gasteiger partial charge in [0.05, 0.1) is 16.6 Å². The van der Waals surface area contributed by atoms with Crippen LogP contribution in [0.3, 0.4) is 0 Å². The molecule has 0 saturated heterocycles. The standard InChI is InChI=1S/C25H28N2O3S/c1-5-24(23-12-7-6-9-19(23)3)26-25(28)20-10-8-11-22(17-20)31(29,30)27(4)21-15-13-18(2)14-16-21/h6-17,24H,5H2,1-4H3,(H,26,28). The van der Waals surface area contributed by atoms with Gasteiger partial charge in [0.2, 0.25) is 0 Å². The Labute approximate surface area is 184 Å². The predicted octanol–water partition coefficient (Wildman–Crippen LogP) is 5.01. The Kier molecular flexibility index (Phi) is 6.81. The Morgan fingerprint density at radius 1 is 0.968 bits per heavy atom. The zero-order valence-electron chi connectivity index (χ0n) is 18.3. The van der Waals surface area contributed by atoms with Crippen molar-refractivity contribution in [2.45, 2.75) is 38.1 Å². The van der Waals surface area contributed by atoms with E-state index in [1.54, 1.807) is 24.3 Å². The number of nitrogens with zero attached hydrogens (tertiary/aromatic N) is 1. The number of amides is 1. The molecule has 1 unspecified atom stereocenters. The highest BCUT2D eigenvalue weighted by molar-refractivity contribution is 7.92. The van der Waals surface area contributed by atoms with Crippen molar-refractivity contribution in [2.24, 2.45) is 0 Å². The van der Waals surface area contributed by atoms with Crippen LogP contribution in [-0.4, -0.2) is 21.4 Å². The molecule has 1 N–H and O–H groups in total. The summed E-state index contributed by atoms with van der Waals surface area (Å²) in [5, 5.41) is 3.04. The number of nitrogens with one attached hydrogen (secondary N) is 1. The molecule has 0 spiro atoms. The van der Waals surface area contributed by atoms with E-state index < -0.39 is 10.0 Å². The lowest BCUT2D eigenvalue weighted by molar-refractivity contribution is 0.0935. The molecular formula is C25H28N2O3S. The van der Waals surface area contributed by atoms with Gasteiger partial charge >= 0.3 is 0 Å². The summed E-state index contributed by atoms with van der Waals surface area (Å²) >= 11 is 0. The van der Waals surface area contributed by atoms with E-state index >= 15 is 0 Å². The Morgan fingerprint density at radius 3 is 2.29 bits per heavy atom. The van der Waals surface area contributed by atoms with Gasteiger partial charge in [0, 0.05) is 12.6 Å². The lowest BCUT2D eigenvalue weighted by Gasteiger charge is -2.21. The van der Waals surface area contributed by atoms with Crippen LogP contribution >= 0.6 is 0 Å². The normalized spacial score (nSPS) is 12.3. The molecule has 162 valence electrons. The van der Waals surface area contributed by atoms with E-state index in [1.165, 1.54) is 23.5 Å². The molecule has 0 bridgehead atoms. The quantitative estimate of drug-likeness (QED) is 0.566. The summed E-state index contributed by atoms with van der Waals surface area (Å²) in [4.78, 5) is 13.0. The van der Waals surface area contributed by atoms with Crippen molar-refractivity contribution in [2.75, 3.05) is 11.4 Å². The van der Waals surface area contributed by atoms with Gasteiger partial charge in [-0.1, -0.05) is 55.0 Å². The highest BCUT2D eigenvalue weighted by atomic mass is 32.2. The van der Waals surface area contributed by atoms with Crippen LogP contribution in [0.5, 0.6) is 0 Å². The fourth-order valence-electron chi connectivity index (χ4n) is 3.47. The molecule has 0 radical (unpaired) electrons. The summed E-state index contributed by atoms with van der Waals surface area (Å²) < 4.78 is 27.5. The molecule has 0 aliphatic rings. The lowest BCUT2D eigenvalue weighted by atomic mass is 9.99. The van der Waals surface area contributed by atoms with Gasteiger partial charge in [-0.25, -0.2) is 8.42 Å². The van der Waals surface area contributed by atoms with Gasteiger partial charge in [-0.3, -0.25) is 9.10 Å². The van der Waals surface area contributed by atoms with Crippen molar-refractivity contribution in [3.63, 3.8) is 0 Å². The minimum Gasteiger partial charge on any atom is -0.345 e. The first-order valence-electron chi connectivity index (χ1n) is 10.3. The summed E-state index contributed by atoms with van der Waals surface area (Å²) in [5.74, 6) is -0.301. The number of carbonyl (C=O) groups excluding carboxylic acids is 1. The van der Waals surface area contributed by atoms with Gasteiger partial charge in [-0.15, -0.1) is 0 Å². The third-order valence-corrected chi connectivity index (χ3v) is 7.21. The summed E-state index contributed by atoms with van der Waals surface area (Å²) in [7, 11) is -2.29. The number of hydrogen-bond acceptors (Lipinski definition) is 3. The second kappa shape index (κ2) is 9.35. The Bertz CT molecular complexity index is 1170. The van der Waals surface area contributed by atoms with Crippen LogP contribution in [0.25, 0.3) is 0 Å². The molecule has 1 atom stereocenters. The molecule has 0 aromatic heterocycles. The van der Waals surface area contributed by atoms with E-state index in [0.717, 1.165) is 23.1 Å². The van der Waals surface area contributed by atoms with Gasteiger partial charge in [-0.05, 0) is 61.7 Å². The highest BCUT2D eigenvalue weighted by Crippen LogP contribution is 2.24.